The minimum atomic E-state index is -4.56. The fraction of sp³-hybridized carbons (Fsp3) is 0.136. The lowest BCUT2D eigenvalue weighted by Gasteiger charge is -2.13. The van der Waals surface area contributed by atoms with Crippen LogP contribution in [0.4, 0.5) is 35.2 Å². The molecule has 2 amide bonds. The van der Waals surface area contributed by atoms with Gasteiger partial charge in [0.05, 0.1) is 22.9 Å². The molecule has 4 aromatic rings. The highest BCUT2D eigenvalue weighted by atomic mass is 35.5. The zero-order valence-corrected chi connectivity index (χ0v) is 18.4. The van der Waals surface area contributed by atoms with Crippen LogP contribution in [0.1, 0.15) is 11.1 Å². The van der Waals surface area contributed by atoms with Gasteiger partial charge >= 0.3 is 12.2 Å². The summed E-state index contributed by atoms with van der Waals surface area (Å²) in [5.41, 5.74) is 8.41. The number of alkyl halides is 3. The number of rotatable bonds is 5. The fourth-order valence-corrected chi connectivity index (χ4v) is 3.64. The first-order valence-electron chi connectivity index (χ1n) is 9.82. The molecule has 0 fully saturated rings. The molecule has 4 N–H and O–H groups in total. The number of hydrogen-bond acceptors (Lipinski definition) is 5. The van der Waals surface area contributed by atoms with Crippen molar-refractivity contribution in [3.8, 4) is 11.1 Å². The van der Waals surface area contributed by atoms with Gasteiger partial charge in [-0.25, -0.2) is 14.3 Å². The van der Waals surface area contributed by atoms with E-state index in [0.29, 0.717) is 23.6 Å². The van der Waals surface area contributed by atoms with Gasteiger partial charge in [0.1, 0.15) is 11.8 Å². The maximum absolute atomic E-state index is 12.9. The van der Waals surface area contributed by atoms with E-state index in [4.69, 9.17) is 22.1 Å². The maximum Gasteiger partial charge on any atom is 0.416 e. The van der Waals surface area contributed by atoms with E-state index in [9.17, 15) is 18.0 Å². The molecule has 4 rings (SSSR count). The van der Waals surface area contributed by atoms with Crippen molar-refractivity contribution in [2.45, 2.75) is 12.8 Å². The van der Waals surface area contributed by atoms with Crippen LogP contribution in [0.15, 0.2) is 55.0 Å². The summed E-state index contributed by atoms with van der Waals surface area (Å²) >= 11 is 5.93. The highest BCUT2D eigenvalue weighted by Gasteiger charge is 2.31. The lowest BCUT2D eigenvalue weighted by molar-refractivity contribution is -0.137. The normalized spacial score (nSPS) is 11.6. The Bertz CT molecular complexity index is 1360. The number of urea groups is 1. The van der Waals surface area contributed by atoms with E-state index in [-0.39, 0.29) is 10.7 Å². The quantitative estimate of drug-likeness (QED) is 0.345. The Morgan fingerprint density at radius 3 is 2.59 bits per heavy atom. The van der Waals surface area contributed by atoms with Gasteiger partial charge in [0, 0.05) is 30.1 Å². The SMILES string of the molecule is COCc1cn2ncnc(N)c2c1-c1ccc(NC(=O)Nc2cc(C(F)(F)F)ccc2Cl)cc1. The molecule has 0 atom stereocenters. The Morgan fingerprint density at radius 2 is 1.91 bits per heavy atom. The number of nitrogen functional groups attached to an aromatic ring is 1. The van der Waals surface area contributed by atoms with Crippen LogP contribution in [0.3, 0.4) is 0 Å². The van der Waals surface area contributed by atoms with Crippen molar-refractivity contribution in [1.29, 1.82) is 0 Å². The summed E-state index contributed by atoms with van der Waals surface area (Å²) in [6.07, 6.45) is -1.41. The van der Waals surface area contributed by atoms with E-state index in [2.05, 4.69) is 20.7 Å². The number of ether oxygens (including phenoxy) is 1. The van der Waals surface area contributed by atoms with Crippen LogP contribution in [0.2, 0.25) is 5.02 Å². The zero-order valence-electron chi connectivity index (χ0n) is 17.7. The molecule has 12 heteroatoms. The van der Waals surface area contributed by atoms with Crippen molar-refractivity contribution in [1.82, 2.24) is 14.6 Å². The minimum absolute atomic E-state index is 0.0236. The number of hydrogen-bond donors (Lipinski definition) is 3. The average molecular weight is 491 g/mol. The largest absolute Gasteiger partial charge is 0.416 e. The van der Waals surface area contributed by atoms with E-state index in [1.165, 1.54) is 6.33 Å². The van der Waals surface area contributed by atoms with Gasteiger partial charge in [-0.1, -0.05) is 23.7 Å². The van der Waals surface area contributed by atoms with Gasteiger partial charge in [-0.3, -0.25) is 0 Å². The number of benzene rings is 2. The second kappa shape index (κ2) is 9.20. The highest BCUT2D eigenvalue weighted by molar-refractivity contribution is 6.33. The number of carbonyl (C=O) groups excluding carboxylic acids is 1. The first-order valence-corrected chi connectivity index (χ1v) is 10.2. The van der Waals surface area contributed by atoms with E-state index >= 15 is 0 Å². The topological polar surface area (TPSA) is 107 Å². The summed E-state index contributed by atoms with van der Waals surface area (Å²) in [6, 6.07) is 8.73. The molecule has 2 aromatic heterocycles. The molecule has 0 saturated heterocycles. The molecule has 176 valence electrons. The number of fused-ring (bicyclic) bond motifs is 1. The van der Waals surface area contributed by atoms with Crippen molar-refractivity contribution in [3.05, 3.63) is 71.1 Å². The van der Waals surface area contributed by atoms with E-state index < -0.39 is 17.8 Å². The van der Waals surface area contributed by atoms with Crippen LogP contribution in [-0.4, -0.2) is 27.7 Å². The first kappa shape index (κ1) is 23.3. The van der Waals surface area contributed by atoms with Gasteiger partial charge in [0.25, 0.3) is 0 Å². The highest BCUT2D eigenvalue weighted by Crippen LogP contribution is 2.35. The molecule has 2 heterocycles. The molecule has 0 unspecified atom stereocenters. The van der Waals surface area contributed by atoms with Crippen LogP contribution in [-0.2, 0) is 17.5 Å². The van der Waals surface area contributed by atoms with Crippen molar-refractivity contribution >= 4 is 40.3 Å². The minimum Gasteiger partial charge on any atom is -0.382 e. The number of anilines is 3. The molecule has 2 aromatic carbocycles. The molecule has 0 aliphatic rings. The Kier molecular flexibility index (Phi) is 6.31. The number of nitrogens with two attached hydrogens (primary N) is 1. The summed E-state index contributed by atoms with van der Waals surface area (Å²) < 4.78 is 45.7. The maximum atomic E-state index is 12.9. The third kappa shape index (κ3) is 4.75. The van der Waals surface area contributed by atoms with Gasteiger partial charge in [0.15, 0.2) is 5.82 Å². The molecule has 0 spiro atoms. The summed E-state index contributed by atoms with van der Waals surface area (Å²) in [6.45, 7) is 0.318. The van der Waals surface area contributed by atoms with E-state index in [1.807, 2.05) is 0 Å². The third-order valence-electron chi connectivity index (χ3n) is 4.95. The molecule has 8 nitrogen and oxygen atoms in total. The molecular weight excluding hydrogens is 473 g/mol. The summed E-state index contributed by atoms with van der Waals surface area (Å²) in [4.78, 5) is 16.4. The standard InChI is InChI=1S/C22H18ClF3N6O2/c1-34-10-13-9-32-19(20(27)28-11-29-32)18(13)12-2-5-15(6-3-12)30-21(33)31-17-8-14(22(24,25)26)4-7-16(17)23/h2-9,11H,10H2,1H3,(H2,27,28,29)(H2,30,31,33). The number of methoxy groups -OCH3 is 1. The van der Waals surface area contributed by atoms with Crippen LogP contribution in [0.5, 0.6) is 0 Å². The van der Waals surface area contributed by atoms with Crippen LogP contribution in [0.25, 0.3) is 16.6 Å². The summed E-state index contributed by atoms with van der Waals surface area (Å²) in [5.74, 6) is 0.298. The molecule has 0 aliphatic heterocycles. The Labute approximate surface area is 196 Å². The van der Waals surface area contributed by atoms with Gasteiger partial charge in [0.2, 0.25) is 0 Å². The second-order valence-corrected chi connectivity index (χ2v) is 7.66. The molecule has 34 heavy (non-hydrogen) atoms. The zero-order chi connectivity index (χ0) is 24.5. The molecule has 0 bridgehead atoms. The third-order valence-corrected chi connectivity index (χ3v) is 5.28. The average Bonchev–Trinajstić information content (AvgIpc) is 3.15. The number of amides is 2. The van der Waals surface area contributed by atoms with Gasteiger partial charge in [-0.2, -0.15) is 18.3 Å². The predicted molar refractivity (Wildman–Crippen MR) is 123 cm³/mol. The number of aromatic nitrogens is 3. The predicted octanol–water partition coefficient (Wildman–Crippen LogP) is 5.44. The Morgan fingerprint density at radius 1 is 1.18 bits per heavy atom. The molecule has 0 aliphatic carbocycles. The monoisotopic (exact) mass is 490 g/mol. The van der Waals surface area contributed by atoms with Crippen molar-refractivity contribution in [2.24, 2.45) is 0 Å². The van der Waals surface area contributed by atoms with E-state index in [0.717, 1.165) is 34.9 Å². The first-order chi connectivity index (χ1) is 16.2. The van der Waals surface area contributed by atoms with Gasteiger partial charge in [-0.05, 0) is 35.9 Å². The van der Waals surface area contributed by atoms with Crippen molar-refractivity contribution in [2.75, 3.05) is 23.5 Å². The number of nitrogens with zero attached hydrogens (tertiary/aromatic N) is 3. The Hall–Kier alpha value is -3.83. The second-order valence-electron chi connectivity index (χ2n) is 7.25. The fourth-order valence-electron chi connectivity index (χ4n) is 3.47. The van der Waals surface area contributed by atoms with Crippen LogP contribution >= 0.6 is 11.6 Å². The molecule has 0 saturated carbocycles. The number of nitrogens with one attached hydrogen (secondary N) is 2. The van der Waals surface area contributed by atoms with Crippen LogP contribution < -0.4 is 16.4 Å². The number of carbonyl (C=O) groups is 1. The lowest BCUT2D eigenvalue weighted by atomic mass is 10.0. The Balaban J connectivity index is 1.56. The van der Waals surface area contributed by atoms with Crippen molar-refractivity contribution < 1.29 is 22.7 Å². The molecule has 0 radical (unpaired) electrons. The number of halogens is 4. The van der Waals surface area contributed by atoms with Gasteiger partial charge < -0.3 is 21.1 Å². The van der Waals surface area contributed by atoms with E-state index in [1.54, 1.807) is 42.1 Å². The summed E-state index contributed by atoms with van der Waals surface area (Å²) in [5, 5.41) is 9.06. The van der Waals surface area contributed by atoms with Gasteiger partial charge in [-0.15, -0.1) is 0 Å². The van der Waals surface area contributed by atoms with Crippen molar-refractivity contribution in [3.63, 3.8) is 0 Å². The smallest absolute Gasteiger partial charge is 0.382 e. The summed E-state index contributed by atoms with van der Waals surface area (Å²) in [7, 11) is 1.57. The van der Waals surface area contributed by atoms with Crippen LogP contribution in [0, 0.1) is 0 Å². The lowest BCUT2D eigenvalue weighted by Crippen LogP contribution is -2.20. The molecular formula is C22H18ClF3N6O2.